The fourth-order valence-corrected chi connectivity index (χ4v) is 5.56. The van der Waals surface area contributed by atoms with Crippen molar-refractivity contribution in [2.24, 2.45) is 0 Å². The molecule has 54 heavy (non-hydrogen) atoms. The van der Waals surface area contributed by atoms with Crippen molar-refractivity contribution in [3.8, 4) is 12.1 Å². The zero-order valence-electron chi connectivity index (χ0n) is 31.0. The van der Waals surface area contributed by atoms with Gasteiger partial charge < -0.3 is 4.90 Å². The monoisotopic (exact) mass is 697 g/mol. The van der Waals surface area contributed by atoms with Crippen LogP contribution in [-0.4, -0.2) is 0 Å². The van der Waals surface area contributed by atoms with E-state index in [0.29, 0.717) is 16.7 Å². The standard InChI is InChI=1S/C37H27N3.2C7H8/c1-28-12-14-29(15-13-28)16-20-31-24-34(27-39)32(25-33(31)26-38)21-17-30-18-22-37(23-19-30)40(35-8-4-2-5-9-35)36-10-6-3-7-11-36;2*1-7-5-3-2-4-6-7/h2-25H,1H3;2*2-6H,1H3/b20-16+,21-17+;;. The highest BCUT2D eigenvalue weighted by Crippen LogP contribution is 2.34. The van der Waals surface area contributed by atoms with Crippen molar-refractivity contribution in [2.45, 2.75) is 20.8 Å². The van der Waals surface area contributed by atoms with Crippen LogP contribution < -0.4 is 4.90 Å². The lowest BCUT2D eigenvalue weighted by atomic mass is 9.97. The molecule has 0 saturated carbocycles. The van der Waals surface area contributed by atoms with Crippen LogP contribution in [0.15, 0.2) is 182 Å². The van der Waals surface area contributed by atoms with E-state index in [4.69, 9.17) is 0 Å². The van der Waals surface area contributed by atoms with Crippen molar-refractivity contribution in [2.75, 3.05) is 4.90 Å². The SMILES string of the molecule is Cc1ccc(/C=C/c2cc(C#N)c(/C=C/c3ccc(N(c4ccccc4)c4ccccc4)cc3)cc2C#N)cc1.Cc1ccccc1.Cc1ccccc1. The van der Waals surface area contributed by atoms with Gasteiger partial charge in [0.1, 0.15) is 0 Å². The fourth-order valence-electron chi connectivity index (χ4n) is 5.56. The second-order valence-corrected chi connectivity index (χ2v) is 12.7. The predicted molar refractivity (Wildman–Crippen MR) is 228 cm³/mol. The first-order valence-electron chi connectivity index (χ1n) is 17.9. The Balaban J connectivity index is 0.000000333. The Kier molecular flexibility index (Phi) is 14.1. The Bertz CT molecular complexity index is 2250. The Morgan fingerprint density at radius 1 is 0.370 bits per heavy atom. The summed E-state index contributed by atoms with van der Waals surface area (Å²) < 4.78 is 0. The number of nitrogens with zero attached hydrogens (tertiary/aromatic N) is 3. The van der Waals surface area contributed by atoms with Crippen LogP contribution in [0.4, 0.5) is 17.1 Å². The topological polar surface area (TPSA) is 50.8 Å². The van der Waals surface area contributed by atoms with Crippen molar-refractivity contribution in [3.63, 3.8) is 0 Å². The maximum Gasteiger partial charge on any atom is 0.0998 e. The van der Waals surface area contributed by atoms with Gasteiger partial charge in [0.2, 0.25) is 0 Å². The number of nitriles is 2. The molecule has 7 aromatic rings. The molecule has 0 aliphatic heterocycles. The van der Waals surface area contributed by atoms with Crippen molar-refractivity contribution >= 4 is 41.4 Å². The molecule has 3 nitrogen and oxygen atoms in total. The molecule has 0 spiro atoms. The third-order valence-corrected chi connectivity index (χ3v) is 8.51. The molecule has 0 aromatic heterocycles. The Labute approximate surface area is 320 Å². The molecule has 0 fully saturated rings. The quantitative estimate of drug-likeness (QED) is 0.156. The largest absolute Gasteiger partial charge is 0.311 e. The Hall–Kier alpha value is -7.20. The molecule has 3 heteroatoms. The molecule has 7 aromatic carbocycles. The van der Waals surface area contributed by atoms with E-state index < -0.39 is 0 Å². The number of aryl methyl sites for hydroxylation is 3. The van der Waals surface area contributed by atoms with Crippen LogP contribution in [0, 0.1) is 43.4 Å². The zero-order valence-corrected chi connectivity index (χ0v) is 31.0. The molecule has 0 saturated heterocycles. The molecule has 262 valence electrons. The van der Waals surface area contributed by atoms with E-state index in [2.05, 4.69) is 104 Å². The number of para-hydroxylation sites is 2. The van der Waals surface area contributed by atoms with Gasteiger partial charge in [0.25, 0.3) is 0 Å². The summed E-state index contributed by atoms with van der Waals surface area (Å²) in [6, 6.07) is 65.7. The third-order valence-electron chi connectivity index (χ3n) is 8.51. The predicted octanol–water partition coefficient (Wildman–Crippen LogP) is 13.5. The van der Waals surface area contributed by atoms with Gasteiger partial charge >= 0.3 is 0 Å². The molecule has 0 atom stereocenters. The van der Waals surface area contributed by atoms with Crippen molar-refractivity contribution in [1.29, 1.82) is 10.5 Å². The lowest BCUT2D eigenvalue weighted by Crippen LogP contribution is -2.09. The summed E-state index contributed by atoms with van der Waals surface area (Å²) in [6.45, 7) is 6.21. The molecular formula is C51H43N3. The van der Waals surface area contributed by atoms with Gasteiger partial charge in [0.15, 0.2) is 0 Å². The minimum Gasteiger partial charge on any atom is -0.311 e. The minimum atomic E-state index is 0.523. The van der Waals surface area contributed by atoms with Gasteiger partial charge in [-0.25, -0.2) is 0 Å². The first kappa shape index (κ1) is 38.0. The zero-order chi connectivity index (χ0) is 38.0. The average molecular weight is 698 g/mol. The van der Waals surface area contributed by atoms with Crippen LogP contribution in [0.3, 0.4) is 0 Å². The van der Waals surface area contributed by atoms with E-state index in [1.807, 2.05) is 128 Å². The number of anilines is 3. The van der Waals surface area contributed by atoms with Crippen LogP contribution in [0.5, 0.6) is 0 Å². The van der Waals surface area contributed by atoms with Crippen LogP contribution in [-0.2, 0) is 0 Å². The fraction of sp³-hybridized carbons (Fsp3) is 0.0588. The summed E-state index contributed by atoms with van der Waals surface area (Å²) in [4.78, 5) is 2.21. The third kappa shape index (κ3) is 11.4. The summed E-state index contributed by atoms with van der Waals surface area (Å²) in [5.74, 6) is 0. The highest BCUT2D eigenvalue weighted by Gasteiger charge is 2.11. The Morgan fingerprint density at radius 2 is 0.685 bits per heavy atom. The van der Waals surface area contributed by atoms with E-state index in [0.717, 1.165) is 33.8 Å². The molecule has 0 aliphatic carbocycles. The lowest BCUT2D eigenvalue weighted by Gasteiger charge is -2.25. The molecule has 0 unspecified atom stereocenters. The summed E-state index contributed by atoms with van der Waals surface area (Å²) in [7, 11) is 0. The summed E-state index contributed by atoms with van der Waals surface area (Å²) in [5.41, 5.74) is 11.6. The second-order valence-electron chi connectivity index (χ2n) is 12.7. The van der Waals surface area contributed by atoms with Crippen LogP contribution in [0.25, 0.3) is 24.3 Å². The van der Waals surface area contributed by atoms with Gasteiger partial charge in [-0.2, -0.15) is 10.5 Å². The van der Waals surface area contributed by atoms with Crippen molar-refractivity contribution in [3.05, 3.63) is 232 Å². The van der Waals surface area contributed by atoms with E-state index in [1.54, 1.807) is 12.1 Å². The highest BCUT2D eigenvalue weighted by molar-refractivity contribution is 5.80. The maximum absolute atomic E-state index is 9.84. The first-order chi connectivity index (χ1) is 26.4. The molecule has 0 radical (unpaired) electrons. The molecule has 0 amide bonds. The number of hydrogen-bond acceptors (Lipinski definition) is 3. The van der Waals surface area contributed by atoms with Gasteiger partial charge in [-0.1, -0.05) is 174 Å². The van der Waals surface area contributed by atoms with E-state index in [1.165, 1.54) is 16.7 Å². The van der Waals surface area contributed by atoms with Crippen LogP contribution >= 0.6 is 0 Å². The molecule has 0 bridgehead atoms. The molecule has 0 heterocycles. The van der Waals surface area contributed by atoms with Gasteiger partial charge in [0, 0.05) is 17.1 Å². The van der Waals surface area contributed by atoms with E-state index in [-0.39, 0.29) is 0 Å². The van der Waals surface area contributed by atoms with Gasteiger partial charge in [0.05, 0.1) is 23.3 Å². The second kappa shape index (κ2) is 20.0. The molecule has 0 N–H and O–H groups in total. The van der Waals surface area contributed by atoms with Crippen LogP contribution in [0.2, 0.25) is 0 Å². The average Bonchev–Trinajstić information content (AvgIpc) is 3.22. The molecule has 7 rings (SSSR count). The molecular weight excluding hydrogens is 655 g/mol. The van der Waals surface area contributed by atoms with Gasteiger partial charge in [-0.05, 0) is 91.6 Å². The van der Waals surface area contributed by atoms with Crippen molar-refractivity contribution in [1.82, 2.24) is 0 Å². The van der Waals surface area contributed by atoms with E-state index in [9.17, 15) is 10.5 Å². The van der Waals surface area contributed by atoms with Gasteiger partial charge in [-0.15, -0.1) is 0 Å². The summed E-state index contributed by atoms with van der Waals surface area (Å²) in [6.07, 6.45) is 7.72. The maximum atomic E-state index is 9.84. The summed E-state index contributed by atoms with van der Waals surface area (Å²) in [5, 5.41) is 19.6. The highest BCUT2D eigenvalue weighted by atomic mass is 15.1. The van der Waals surface area contributed by atoms with E-state index >= 15 is 0 Å². The Morgan fingerprint density at radius 3 is 1.02 bits per heavy atom. The summed E-state index contributed by atoms with van der Waals surface area (Å²) >= 11 is 0. The first-order valence-corrected chi connectivity index (χ1v) is 17.9. The normalized spacial score (nSPS) is 10.3. The smallest absolute Gasteiger partial charge is 0.0998 e. The number of hydrogen-bond donors (Lipinski definition) is 0. The number of benzene rings is 7. The number of rotatable bonds is 7. The van der Waals surface area contributed by atoms with Gasteiger partial charge in [-0.3, -0.25) is 0 Å². The van der Waals surface area contributed by atoms with Crippen LogP contribution in [0.1, 0.15) is 50.1 Å². The lowest BCUT2D eigenvalue weighted by molar-refractivity contribution is 1.28. The van der Waals surface area contributed by atoms with Crippen molar-refractivity contribution < 1.29 is 0 Å². The minimum absolute atomic E-state index is 0.523. The molecule has 0 aliphatic rings.